The second kappa shape index (κ2) is 5.64. The largest absolute Gasteiger partial charge is 0.430 e. The van der Waals surface area contributed by atoms with E-state index in [1.807, 2.05) is 13.0 Å². The van der Waals surface area contributed by atoms with Gasteiger partial charge in [0, 0.05) is 34.9 Å². The summed E-state index contributed by atoms with van der Waals surface area (Å²) < 4.78 is 15.8. The number of hydrogen-bond acceptors (Lipinski definition) is 6. The summed E-state index contributed by atoms with van der Waals surface area (Å²) in [6.07, 6.45) is -0.147. The monoisotopic (exact) mass is 329 g/mol. The van der Waals surface area contributed by atoms with E-state index in [4.69, 9.17) is 15.2 Å². The van der Waals surface area contributed by atoms with Crippen LogP contribution < -0.4 is 10.5 Å². The molecule has 1 unspecified atom stereocenters. The van der Waals surface area contributed by atoms with E-state index in [1.165, 1.54) is 11.5 Å². The molecule has 18 heavy (non-hydrogen) atoms. The molecule has 1 aromatic carbocycles. The standard InChI is InChI=1S/C11H12BrN3O2S/c1-6(16-2)10-14-11(18-15-10)17-9-4-7(12)3-8(13)5-9/h3-6H,13H2,1-2H3. The van der Waals surface area contributed by atoms with Crippen molar-refractivity contribution < 1.29 is 9.47 Å². The summed E-state index contributed by atoms with van der Waals surface area (Å²) in [5.41, 5.74) is 6.35. The van der Waals surface area contributed by atoms with Gasteiger partial charge < -0.3 is 15.2 Å². The molecule has 0 spiro atoms. The van der Waals surface area contributed by atoms with Crippen LogP contribution in [0.1, 0.15) is 18.9 Å². The first-order valence-electron chi connectivity index (χ1n) is 5.19. The molecule has 2 N–H and O–H groups in total. The molecule has 1 atom stereocenters. The number of halogens is 1. The Morgan fingerprint density at radius 3 is 2.83 bits per heavy atom. The van der Waals surface area contributed by atoms with E-state index < -0.39 is 0 Å². The fourth-order valence-corrected chi connectivity index (χ4v) is 2.39. The lowest BCUT2D eigenvalue weighted by Gasteiger charge is -2.04. The smallest absolute Gasteiger partial charge is 0.298 e. The molecular weight excluding hydrogens is 318 g/mol. The molecule has 0 fully saturated rings. The predicted octanol–water partition coefficient (Wildman–Crippen LogP) is 3.38. The average molecular weight is 330 g/mol. The van der Waals surface area contributed by atoms with Crippen LogP contribution in [-0.4, -0.2) is 16.5 Å². The third-order valence-corrected chi connectivity index (χ3v) is 3.31. The summed E-state index contributed by atoms with van der Waals surface area (Å²) in [7, 11) is 1.61. The number of rotatable bonds is 4. The van der Waals surface area contributed by atoms with Crippen LogP contribution in [0.5, 0.6) is 10.9 Å². The minimum Gasteiger partial charge on any atom is -0.430 e. The van der Waals surface area contributed by atoms with Crippen molar-refractivity contribution in [3.63, 3.8) is 0 Å². The Bertz CT molecular complexity index is 527. The SMILES string of the molecule is COC(C)c1nsc(Oc2cc(N)cc(Br)c2)n1. The highest BCUT2D eigenvalue weighted by molar-refractivity contribution is 9.10. The molecule has 96 valence electrons. The minimum atomic E-state index is -0.147. The number of aromatic nitrogens is 2. The number of nitrogens with two attached hydrogens (primary N) is 1. The van der Waals surface area contributed by atoms with E-state index in [-0.39, 0.29) is 6.10 Å². The lowest BCUT2D eigenvalue weighted by molar-refractivity contribution is 0.113. The van der Waals surface area contributed by atoms with Crippen molar-refractivity contribution in [3.05, 3.63) is 28.5 Å². The van der Waals surface area contributed by atoms with Crippen LogP contribution in [0, 0.1) is 0 Å². The van der Waals surface area contributed by atoms with Crippen molar-refractivity contribution in [2.24, 2.45) is 0 Å². The molecule has 1 aromatic heterocycles. The van der Waals surface area contributed by atoms with Crippen molar-refractivity contribution in [3.8, 4) is 10.9 Å². The van der Waals surface area contributed by atoms with Gasteiger partial charge in [-0.3, -0.25) is 0 Å². The molecule has 0 aliphatic heterocycles. The molecule has 0 radical (unpaired) electrons. The van der Waals surface area contributed by atoms with Gasteiger partial charge in [0.15, 0.2) is 5.82 Å². The number of hydrogen-bond donors (Lipinski definition) is 1. The quantitative estimate of drug-likeness (QED) is 0.870. The highest BCUT2D eigenvalue weighted by Gasteiger charge is 2.12. The van der Waals surface area contributed by atoms with Gasteiger partial charge in [-0.05, 0) is 19.1 Å². The van der Waals surface area contributed by atoms with E-state index in [1.54, 1.807) is 19.2 Å². The lowest BCUT2D eigenvalue weighted by Crippen LogP contribution is -1.97. The molecule has 0 saturated heterocycles. The Hall–Kier alpha value is -1.18. The maximum Gasteiger partial charge on any atom is 0.298 e. The van der Waals surface area contributed by atoms with Crippen molar-refractivity contribution >= 4 is 33.1 Å². The summed E-state index contributed by atoms with van der Waals surface area (Å²) in [5, 5.41) is 0.464. The number of ether oxygens (including phenoxy) is 2. The minimum absolute atomic E-state index is 0.147. The average Bonchev–Trinajstić information content (AvgIpc) is 2.75. The second-order valence-electron chi connectivity index (χ2n) is 3.62. The van der Waals surface area contributed by atoms with Gasteiger partial charge in [-0.2, -0.15) is 9.36 Å². The molecule has 7 heteroatoms. The van der Waals surface area contributed by atoms with Crippen molar-refractivity contribution in [2.75, 3.05) is 12.8 Å². The normalized spacial score (nSPS) is 12.4. The molecule has 0 bridgehead atoms. The fraction of sp³-hybridized carbons (Fsp3) is 0.273. The number of nitrogen functional groups attached to an aromatic ring is 1. The fourth-order valence-electron chi connectivity index (χ4n) is 1.28. The number of benzene rings is 1. The highest BCUT2D eigenvalue weighted by atomic mass is 79.9. The zero-order valence-corrected chi connectivity index (χ0v) is 12.3. The molecule has 2 rings (SSSR count). The van der Waals surface area contributed by atoms with Crippen LogP contribution in [0.15, 0.2) is 22.7 Å². The van der Waals surface area contributed by atoms with Crippen molar-refractivity contribution in [1.82, 2.24) is 9.36 Å². The van der Waals surface area contributed by atoms with E-state index in [0.717, 1.165) is 4.47 Å². The lowest BCUT2D eigenvalue weighted by atomic mass is 10.3. The predicted molar refractivity (Wildman–Crippen MR) is 74.0 cm³/mol. The molecule has 0 aliphatic carbocycles. The van der Waals surface area contributed by atoms with Gasteiger partial charge in [-0.1, -0.05) is 15.9 Å². The number of nitrogens with zero attached hydrogens (tertiary/aromatic N) is 2. The molecule has 0 amide bonds. The summed E-state index contributed by atoms with van der Waals surface area (Å²) in [6.45, 7) is 1.88. The Morgan fingerprint density at radius 2 is 2.17 bits per heavy atom. The topological polar surface area (TPSA) is 70.3 Å². The molecular formula is C11H12BrN3O2S. The maximum absolute atomic E-state index is 5.73. The van der Waals surface area contributed by atoms with Crippen LogP contribution >= 0.6 is 27.5 Å². The zero-order chi connectivity index (χ0) is 13.1. The summed E-state index contributed by atoms with van der Waals surface area (Å²) >= 11 is 4.53. The van der Waals surface area contributed by atoms with E-state index in [0.29, 0.717) is 22.5 Å². The van der Waals surface area contributed by atoms with Crippen LogP contribution in [0.4, 0.5) is 5.69 Å². The van der Waals surface area contributed by atoms with Crippen molar-refractivity contribution in [1.29, 1.82) is 0 Å². The molecule has 1 heterocycles. The summed E-state index contributed by atoms with van der Waals surface area (Å²) in [4.78, 5) is 4.24. The maximum atomic E-state index is 5.73. The first-order chi connectivity index (χ1) is 8.58. The van der Waals surface area contributed by atoms with E-state index in [9.17, 15) is 0 Å². The summed E-state index contributed by atoms with van der Waals surface area (Å²) in [6, 6.07) is 5.34. The van der Waals surface area contributed by atoms with Gasteiger partial charge in [0.25, 0.3) is 5.19 Å². The van der Waals surface area contributed by atoms with Crippen molar-refractivity contribution in [2.45, 2.75) is 13.0 Å². The molecule has 5 nitrogen and oxygen atoms in total. The van der Waals surface area contributed by atoms with Crippen LogP contribution in [-0.2, 0) is 4.74 Å². The number of methoxy groups -OCH3 is 1. The third-order valence-electron chi connectivity index (χ3n) is 2.24. The van der Waals surface area contributed by atoms with Gasteiger partial charge in [0.2, 0.25) is 0 Å². The van der Waals surface area contributed by atoms with Gasteiger partial charge in [-0.25, -0.2) is 0 Å². The van der Waals surface area contributed by atoms with Gasteiger partial charge in [-0.15, -0.1) is 0 Å². The molecule has 0 saturated carbocycles. The van der Waals surface area contributed by atoms with E-state index in [2.05, 4.69) is 25.3 Å². The Morgan fingerprint density at radius 1 is 1.39 bits per heavy atom. The highest BCUT2D eigenvalue weighted by Crippen LogP contribution is 2.29. The van der Waals surface area contributed by atoms with Gasteiger partial charge in [0.05, 0.1) is 0 Å². The van der Waals surface area contributed by atoms with Crippen LogP contribution in [0.3, 0.4) is 0 Å². The third kappa shape index (κ3) is 3.18. The van der Waals surface area contributed by atoms with Crippen LogP contribution in [0.25, 0.3) is 0 Å². The molecule has 0 aliphatic rings. The van der Waals surface area contributed by atoms with Crippen LogP contribution in [0.2, 0.25) is 0 Å². The molecule has 2 aromatic rings. The Kier molecular flexibility index (Phi) is 4.15. The number of anilines is 1. The Balaban J connectivity index is 2.16. The Labute approximate surface area is 117 Å². The zero-order valence-electron chi connectivity index (χ0n) is 9.88. The van der Waals surface area contributed by atoms with E-state index >= 15 is 0 Å². The van der Waals surface area contributed by atoms with Gasteiger partial charge in [0.1, 0.15) is 11.9 Å². The second-order valence-corrected chi connectivity index (χ2v) is 5.25. The first-order valence-corrected chi connectivity index (χ1v) is 6.75. The summed E-state index contributed by atoms with van der Waals surface area (Å²) in [5.74, 6) is 1.23. The first kappa shape index (κ1) is 13.3. The van der Waals surface area contributed by atoms with Gasteiger partial charge >= 0.3 is 0 Å².